The van der Waals surface area contributed by atoms with Gasteiger partial charge in [0, 0.05) is 12.1 Å². The van der Waals surface area contributed by atoms with Crippen LogP contribution in [0, 0.1) is 0 Å². The zero-order valence-corrected chi connectivity index (χ0v) is 14.9. The molecule has 0 radical (unpaired) electrons. The summed E-state index contributed by atoms with van der Waals surface area (Å²) in [6.45, 7) is 1.52. The molecule has 138 valence electrons. The lowest BCUT2D eigenvalue weighted by Gasteiger charge is -2.12. The number of benzene rings is 2. The van der Waals surface area contributed by atoms with E-state index in [9.17, 15) is 14.7 Å². The first-order chi connectivity index (χ1) is 12.4. The largest absolute Gasteiger partial charge is 0.504 e. The molecule has 0 bridgehead atoms. The third-order valence-corrected chi connectivity index (χ3v) is 3.66. The number of Topliss-reactive ketones (excluding diaryl/α,β-unsaturated/α-hetero) is 1. The van der Waals surface area contributed by atoms with E-state index in [0.29, 0.717) is 22.8 Å². The summed E-state index contributed by atoms with van der Waals surface area (Å²) >= 11 is 0. The van der Waals surface area contributed by atoms with Crippen molar-refractivity contribution in [3.05, 3.63) is 47.5 Å². The molecular weight excluding hydrogens is 338 g/mol. The topological polar surface area (TPSA) is 94.1 Å². The van der Waals surface area contributed by atoms with Crippen molar-refractivity contribution in [2.75, 3.05) is 20.8 Å². The van der Waals surface area contributed by atoms with E-state index in [1.165, 1.54) is 27.2 Å². The number of ketones is 1. The van der Waals surface area contributed by atoms with E-state index in [1.54, 1.807) is 30.3 Å². The number of hydrogen-bond donors (Lipinski definition) is 2. The third kappa shape index (κ3) is 4.89. The Balaban J connectivity index is 1.92. The number of amides is 1. The zero-order chi connectivity index (χ0) is 19.1. The van der Waals surface area contributed by atoms with Crippen LogP contribution in [-0.4, -0.2) is 37.6 Å². The summed E-state index contributed by atoms with van der Waals surface area (Å²) < 4.78 is 15.7. The van der Waals surface area contributed by atoms with Crippen LogP contribution in [0.2, 0.25) is 0 Å². The predicted molar refractivity (Wildman–Crippen MR) is 95.0 cm³/mol. The molecule has 2 aromatic carbocycles. The highest BCUT2D eigenvalue weighted by molar-refractivity contribution is 5.94. The first-order valence-electron chi connectivity index (χ1n) is 7.89. The van der Waals surface area contributed by atoms with Gasteiger partial charge in [-0.2, -0.15) is 0 Å². The van der Waals surface area contributed by atoms with E-state index >= 15 is 0 Å². The fraction of sp³-hybridized carbons (Fsp3) is 0.263. The smallest absolute Gasteiger partial charge is 0.258 e. The summed E-state index contributed by atoms with van der Waals surface area (Å²) in [5, 5.41) is 12.3. The second-order valence-electron chi connectivity index (χ2n) is 5.49. The third-order valence-electron chi connectivity index (χ3n) is 3.66. The van der Waals surface area contributed by atoms with Gasteiger partial charge in [-0.25, -0.2) is 0 Å². The van der Waals surface area contributed by atoms with Crippen molar-refractivity contribution in [2.24, 2.45) is 0 Å². The number of phenolic OH excluding ortho intramolecular Hbond substituents is 1. The molecule has 0 aliphatic carbocycles. The maximum Gasteiger partial charge on any atom is 0.258 e. The Hall–Kier alpha value is -3.22. The van der Waals surface area contributed by atoms with Gasteiger partial charge in [0.25, 0.3) is 5.91 Å². The van der Waals surface area contributed by atoms with Gasteiger partial charge in [-0.05, 0) is 42.8 Å². The number of nitrogens with one attached hydrogen (secondary N) is 1. The predicted octanol–water partition coefficient (Wildman–Crippen LogP) is 2.31. The van der Waals surface area contributed by atoms with Crippen LogP contribution in [-0.2, 0) is 11.3 Å². The van der Waals surface area contributed by atoms with Gasteiger partial charge in [0.1, 0.15) is 0 Å². The van der Waals surface area contributed by atoms with Crippen LogP contribution in [0.5, 0.6) is 23.0 Å². The summed E-state index contributed by atoms with van der Waals surface area (Å²) in [6, 6.07) is 9.59. The van der Waals surface area contributed by atoms with Crippen LogP contribution in [0.4, 0.5) is 0 Å². The summed E-state index contributed by atoms with van der Waals surface area (Å²) in [5.41, 5.74) is 1.27. The van der Waals surface area contributed by atoms with Crippen LogP contribution in [0.25, 0.3) is 0 Å². The normalized spacial score (nSPS) is 10.1. The van der Waals surface area contributed by atoms with E-state index in [0.717, 1.165) is 5.56 Å². The quantitative estimate of drug-likeness (QED) is 0.703. The van der Waals surface area contributed by atoms with Gasteiger partial charge in [0.05, 0.1) is 14.2 Å². The monoisotopic (exact) mass is 359 g/mol. The van der Waals surface area contributed by atoms with Gasteiger partial charge in [-0.1, -0.05) is 6.07 Å². The molecule has 0 aliphatic heterocycles. The minimum absolute atomic E-state index is 0.0343. The van der Waals surface area contributed by atoms with Crippen molar-refractivity contribution in [1.29, 1.82) is 0 Å². The molecule has 1 amide bonds. The van der Waals surface area contributed by atoms with Gasteiger partial charge in [-0.3, -0.25) is 9.59 Å². The number of aromatic hydroxyl groups is 1. The standard InChI is InChI=1S/C19H21NO6/c1-12(21)14-5-7-16(18(9-14)25-3)26-11-19(23)20-10-13-4-6-15(22)17(8-13)24-2/h4-9,22H,10-11H2,1-3H3,(H,20,23). The molecule has 26 heavy (non-hydrogen) atoms. The summed E-state index contributed by atoms with van der Waals surface area (Å²) in [4.78, 5) is 23.4. The first-order valence-corrected chi connectivity index (χ1v) is 7.89. The van der Waals surface area contributed by atoms with E-state index < -0.39 is 0 Å². The van der Waals surface area contributed by atoms with Crippen LogP contribution < -0.4 is 19.5 Å². The molecule has 7 heteroatoms. The molecule has 2 aromatic rings. The minimum Gasteiger partial charge on any atom is -0.504 e. The van der Waals surface area contributed by atoms with Crippen molar-refractivity contribution in [2.45, 2.75) is 13.5 Å². The molecule has 0 saturated heterocycles. The highest BCUT2D eigenvalue weighted by atomic mass is 16.5. The van der Waals surface area contributed by atoms with Crippen LogP contribution in [0.1, 0.15) is 22.8 Å². The summed E-state index contributed by atoms with van der Waals surface area (Å²) in [7, 11) is 2.92. The van der Waals surface area contributed by atoms with Gasteiger partial charge in [-0.15, -0.1) is 0 Å². The maximum absolute atomic E-state index is 12.0. The Morgan fingerprint density at radius 3 is 2.38 bits per heavy atom. The van der Waals surface area contributed by atoms with Crippen LogP contribution >= 0.6 is 0 Å². The van der Waals surface area contributed by atoms with Crippen molar-refractivity contribution in [1.82, 2.24) is 5.32 Å². The lowest BCUT2D eigenvalue weighted by Crippen LogP contribution is -2.28. The lowest BCUT2D eigenvalue weighted by molar-refractivity contribution is -0.123. The Kier molecular flexibility index (Phi) is 6.43. The Morgan fingerprint density at radius 2 is 1.73 bits per heavy atom. The van der Waals surface area contributed by atoms with Crippen LogP contribution in [0.3, 0.4) is 0 Å². The molecule has 7 nitrogen and oxygen atoms in total. The van der Waals surface area contributed by atoms with Crippen molar-refractivity contribution >= 4 is 11.7 Å². The van der Waals surface area contributed by atoms with Crippen LogP contribution in [0.15, 0.2) is 36.4 Å². The fourth-order valence-corrected chi connectivity index (χ4v) is 2.23. The van der Waals surface area contributed by atoms with E-state index in [1.807, 2.05) is 0 Å². The van der Waals surface area contributed by atoms with E-state index in [2.05, 4.69) is 5.32 Å². The molecule has 0 unspecified atom stereocenters. The number of rotatable bonds is 8. The van der Waals surface area contributed by atoms with E-state index in [-0.39, 0.29) is 30.6 Å². The zero-order valence-electron chi connectivity index (χ0n) is 14.9. The summed E-state index contributed by atoms with van der Waals surface area (Å²) in [5.74, 6) is 0.717. The Bertz CT molecular complexity index is 803. The maximum atomic E-state index is 12.0. The number of hydrogen-bond acceptors (Lipinski definition) is 6. The number of carbonyl (C=O) groups is 2. The van der Waals surface area contributed by atoms with Gasteiger partial charge in [0.15, 0.2) is 35.4 Å². The SMILES string of the molecule is COc1cc(CNC(=O)COc2ccc(C(C)=O)cc2OC)ccc1O. The fourth-order valence-electron chi connectivity index (χ4n) is 2.23. The second-order valence-corrected chi connectivity index (χ2v) is 5.49. The molecule has 0 spiro atoms. The molecular formula is C19H21NO6. The second kappa shape index (κ2) is 8.75. The first kappa shape index (κ1) is 19.1. The van der Waals surface area contributed by atoms with Crippen molar-refractivity contribution in [3.8, 4) is 23.0 Å². The lowest BCUT2D eigenvalue weighted by atomic mass is 10.1. The highest BCUT2D eigenvalue weighted by Gasteiger charge is 2.11. The highest BCUT2D eigenvalue weighted by Crippen LogP contribution is 2.28. The number of carbonyl (C=O) groups excluding carboxylic acids is 2. The number of methoxy groups -OCH3 is 2. The number of phenols is 1. The Labute approximate surface area is 151 Å². The average molecular weight is 359 g/mol. The van der Waals surface area contributed by atoms with Gasteiger partial charge < -0.3 is 24.6 Å². The van der Waals surface area contributed by atoms with Gasteiger partial charge in [0.2, 0.25) is 0 Å². The van der Waals surface area contributed by atoms with Crippen molar-refractivity contribution < 1.29 is 28.9 Å². The number of ether oxygens (including phenoxy) is 3. The summed E-state index contributed by atoms with van der Waals surface area (Å²) in [6.07, 6.45) is 0. The molecule has 0 saturated carbocycles. The average Bonchev–Trinajstić information content (AvgIpc) is 2.65. The molecule has 2 N–H and O–H groups in total. The molecule has 0 atom stereocenters. The molecule has 0 aromatic heterocycles. The molecule has 0 aliphatic rings. The minimum atomic E-state index is -0.324. The van der Waals surface area contributed by atoms with E-state index in [4.69, 9.17) is 14.2 Å². The van der Waals surface area contributed by atoms with Crippen molar-refractivity contribution in [3.63, 3.8) is 0 Å². The molecule has 0 fully saturated rings. The van der Waals surface area contributed by atoms with Gasteiger partial charge >= 0.3 is 0 Å². The Morgan fingerprint density at radius 1 is 1.00 bits per heavy atom. The molecule has 0 heterocycles. The molecule has 2 rings (SSSR count).